The van der Waals surface area contributed by atoms with Crippen LogP contribution in [-0.4, -0.2) is 33.8 Å². The molecule has 0 aliphatic heterocycles. The minimum absolute atomic E-state index is 0.451. The van der Waals surface area contributed by atoms with Crippen molar-refractivity contribution < 1.29 is 9.84 Å². The molecule has 96 valence electrons. The molecular weight excluding hydrogens is 218 g/mol. The summed E-state index contributed by atoms with van der Waals surface area (Å²) in [6, 6.07) is 0. The van der Waals surface area contributed by atoms with Crippen molar-refractivity contribution in [3.63, 3.8) is 0 Å². The molecule has 0 bridgehead atoms. The maximum atomic E-state index is 9.91. The highest BCUT2D eigenvalue weighted by atomic mass is 16.5. The van der Waals surface area contributed by atoms with E-state index in [0.29, 0.717) is 31.3 Å². The average Bonchev–Trinajstić information content (AvgIpc) is 2.31. The van der Waals surface area contributed by atoms with Crippen LogP contribution in [0.15, 0.2) is 6.33 Å². The largest absolute Gasteiger partial charge is 0.478 e. The van der Waals surface area contributed by atoms with Crippen LogP contribution in [0.5, 0.6) is 5.88 Å². The molecule has 0 spiro atoms. The van der Waals surface area contributed by atoms with Gasteiger partial charge in [-0.25, -0.2) is 9.97 Å². The van der Waals surface area contributed by atoms with Gasteiger partial charge in [0.15, 0.2) is 0 Å². The van der Waals surface area contributed by atoms with Gasteiger partial charge in [0.05, 0.1) is 17.8 Å². The second kappa shape index (κ2) is 5.82. The van der Waals surface area contributed by atoms with E-state index in [2.05, 4.69) is 15.3 Å². The van der Waals surface area contributed by atoms with Crippen LogP contribution >= 0.6 is 0 Å². The quantitative estimate of drug-likeness (QED) is 0.791. The third-order valence-electron chi connectivity index (χ3n) is 2.72. The summed E-state index contributed by atoms with van der Waals surface area (Å²) in [7, 11) is 0. The molecule has 0 radical (unpaired) electrons. The Kier molecular flexibility index (Phi) is 4.69. The molecule has 1 aromatic heterocycles. The first-order chi connectivity index (χ1) is 8.00. The van der Waals surface area contributed by atoms with Crippen molar-refractivity contribution in [2.24, 2.45) is 0 Å². The summed E-state index contributed by atoms with van der Waals surface area (Å²) in [6.07, 6.45) is 2.14. The number of nitrogens with zero attached hydrogens (tertiary/aromatic N) is 2. The lowest BCUT2D eigenvalue weighted by atomic mass is 10.0. The fourth-order valence-corrected chi connectivity index (χ4v) is 1.29. The molecule has 1 aromatic rings. The van der Waals surface area contributed by atoms with Crippen LogP contribution < -0.4 is 10.1 Å². The summed E-state index contributed by atoms with van der Waals surface area (Å²) in [5.41, 5.74) is 0.129. The Morgan fingerprint density at radius 1 is 1.41 bits per heavy atom. The number of anilines is 1. The SMILES string of the molecule is CCOc1ncnc(NCC(C)(O)CC)c1C. The van der Waals surface area contributed by atoms with Gasteiger partial charge in [-0.2, -0.15) is 0 Å². The van der Waals surface area contributed by atoms with E-state index in [1.54, 1.807) is 6.92 Å². The van der Waals surface area contributed by atoms with Crippen molar-refractivity contribution >= 4 is 5.82 Å². The predicted molar refractivity (Wildman–Crippen MR) is 67.3 cm³/mol. The van der Waals surface area contributed by atoms with Gasteiger partial charge in [-0.15, -0.1) is 0 Å². The molecular formula is C12H21N3O2. The van der Waals surface area contributed by atoms with Gasteiger partial charge in [-0.05, 0) is 27.2 Å². The molecule has 17 heavy (non-hydrogen) atoms. The number of hydrogen-bond donors (Lipinski definition) is 2. The van der Waals surface area contributed by atoms with E-state index < -0.39 is 5.60 Å². The smallest absolute Gasteiger partial charge is 0.221 e. The zero-order valence-electron chi connectivity index (χ0n) is 10.9. The maximum Gasteiger partial charge on any atom is 0.221 e. The lowest BCUT2D eigenvalue weighted by molar-refractivity contribution is 0.0696. The molecule has 0 aliphatic carbocycles. The highest BCUT2D eigenvalue weighted by Gasteiger charge is 2.18. The highest BCUT2D eigenvalue weighted by Crippen LogP contribution is 2.21. The van der Waals surface area contributed by atoms with Gasteiger partial charge in [-0.3, -0.25) is 0 Å². The Morgan fingerprint density at radius 2 is 2.12 bits per heavy atom. The van der Waals surface area contributed by atoms with E-state index in [9.17, 15) is 5.11 Å². The molecule has 0 fully saturated rings. The Morgan fingerprint density at radius 3 is 2.71 bits per heavy atom. The van der Waals surface area contributed by atoms with E-state index in [0.717, 1.165) is 5.56 Å². The summed E-state index contributed by atoms with van der Waals surface area (Å²) in [5.74, 6) is 1.29. The van der Waals surface area contributed by atoms with Gasteiger partial charge >= 0.3 is 0 Å². The van der Waals surface area contributed by atoms with Crippen LogP contribution in [0.2, 0.25) is 0 Å². The van der Waals surface area contributed by atoms with Crippen LogP contribution in [0.1, 0.15) is 32.8 Å². The minimum Gasteiger partial charge on any atom is -0.478 e. The molecule has 5 heteroatoms. The van der Waals surface area contributed by atoms with Crippen molar-refractivity contribution in [1.82, 2.24) is 9.97 Å². The Labute approximate surface area is 102 Å². The second-order valence-corrected chi connectivity index (χ2v) is 4.29. The van der Waals surface area contributed by atoms with Crippen molar-refractivity contribution in [2.45, 2.75) is 39.7 Å². The molecule has 0 amide bonds. The minimum atomic E-state index is -0.733. The van der Waals surface area contributed by atoms with Crippen LogP contribution in [-0.2, 0) is 0 Å². The fraction of sp³-hybridized carbons (Fsp3) is 0.667. The monoisotopic (exact) mass is 239 g/mol. The average molecular weight is 239 g/mol. The van der Waals surface area contributed by atoms with E-state index in [1.165, 1.54) is 6.33 Å². The van der Waals surface area contributed by atoms with Crippen LogP contribution in [0, 0.1) is 6.92 Å². The van der Waals surface area contributed by atoms with E-state index in [-0.39, 0.29) is 0 Å². The fourth-order valence-electron chi connectivity index (χ4n) is 1.29. The first-order valence-corrected chi connectivity index (χ1v) is 5.90. The van der Waals surface area contributed by atoms with Crippen molar-refractivity contribution in [3.8, 4) is 5.88 Å². The van der Waals surface area contributed by atoms with Crippen LogP contribution in [0.3, 0.4) is 0 Å². The molecule has 0 aliphatic rings. The number of ether oxygens (including phenoxy) is 1. The summed E-state index contributed by atoms with van der Waals surface area (Å²) in [6.45, 7) is 8.57. The summed E-state index contributed by atoms with van der Waals surface area (Å²) >= 11 is 0. The van der Waals surface area contributed by atoms with E-state index in [1.807, 2.05) is 20.8 Å². The van der Waals surface area contributed by atoms with Gasteiger partial charge in [0.2, 0.25) is 5.88 Å². The number of rotatable bonds is 6. The molecule has 0 saturated heterocycles. The summed E-state index contributed by atoms with van der Waals surface area (Å²) < 4.78 is 5.38. The number of hydrogen-bond acceptors (Lipinski definition) is 5. The highest BCUT2D eigenvalue weighted by molar-refractivity contribution is 5.47. The second-order valence-electron chi connectivity index (χ2n) is 4.29. The van der Waals surface area contributed by atoms with Crippen molar-refractivity contribution in [3.05, 3.63) is 11.9 Å². The zero-order chi connectivity index (χ0) is 12.9. The predicted octanol–water partition coefficient (Wildman–Crippen LogP) is 1.76. The Hall–Kier alpha value is -1.36. The lowest BCUT2D eigenvalue weighted by Gasteiger charge is -2.22. The van der Waals surface area contributed by atoms with Crippen LogP contribution in [0.4, 0.5) is 5.82 Å². The third kappa shape index (κ3) is 3.85. The summed E-state index contributed by atoms with van der Waals surface area (Å²) in [4.78, 5) is 8.20. The van der Waals surface area contributed by atoms with Gasteiger partial charge in [0.25, 0.3) is 0 Å². The van der Waals surface area contributed by atoms with Crippen LogP contribution in [0.25, 0.3) is 0 Å². The molecule has 2 N–H and O–H groups in total. The molecule has 1 unspecified atom stereocenters. The Bertz CT molecular complexity index is 367. The molecule has 0 aromatic carbocycles. The third-order valence-corrected chi connectivity index (χ3v) is 2.72. The first-order valence-electron chi connectivity index (χ1n) is 5.90. The summed E-state index contributed by atoms with van der Waals surface area (Å²) in [5, 5.41) is 13.0. The molecule has 1 heterocycles. The van der Waals surface area contributed by atoms with E-state index >= 15 is 0 Å². The standard InChI is InChI=1S/C12H21N3O2/c1-5-12(4,16)7-13-10-9(3)11(17-6-2)15-8-14-10/h8,16H,5-7H2,1-4H3,(H,13,14,15). The lowest BCUT2D eigenvalue weighted by Crippen LogP contribution is -2.32. The number of nitrogens with one attached hydrogen (secondary N) is 1. The van der Waals surface area contributed by atoms with Gasteiger partial charge in [0, 0.05) is 6.54 Å². The van der Waals surface area contributed by atoms with Crippen molar-refractivity contribution in [2.75, 3.05) is 18.5 Å². The van der Waals surface area contributed by atoms with E-state index in [4.69, 9.17) is 4.74 Å². The molecule has 5 nitrogen and oxygen atoms in total. The van der Waals surface area contributed by atoms with Gasteiger partial charge in [0.1, 0.15) is 12.1 Å². The first kappa shape index (κ1) is 13.7. The molecule has 1 atom stereocenters. The topological polar surface area (TPSA) is 67.3 Å². The van der Waals surface area contributed by atoms with Crippen molar-refractivity contribution in [1.29, 1.82) is 0 Å². The molecule has 0 saturated carbocycles. The van der Waals surface area contributed by atoms with Gasteiger partial charge < -0.3 is 15.2 Å². The Balaban J connectivity index is 2.75. The normalized spacial score (nSPS) is 14.2. The number of aromatic nitrogens is 2. The zero-order valence-corrected chi connectivity index (χ0v) is 10.9. The van der Waals surface area contributed by atoms with Gasteiger partial charge in [-0.1, -0.05) is 6.92 Å². The maximum absolute atomic E-state index is 9.91. The molecule has 1 rings (SSSR count). The number of aliphatic hydroxyl groups is 1.